The number of halogens is 3. The van der Waals surface area contributed by atoms with Gasteiger partial charge in [0.2, 0.25) is 0 Å². The van der Waals surface area contributed by atoms with Crippen molar-refractivity contribution in [3.05, 3.63) is 33.8 Å². The lowest BCUT2D eigenvalue weighted by Gasteiger charge is -2.26. The van der Waals surface area contributed by atoms with Crippen molar-refractivity contribution in [1.29, 1.82) is 0 Å². The number of benzene rings is 1. The summed E-state index contributed by atoms with van der Waals surface area (Å²) in [7, 11) is 0. The van der Waals surface area contributed by atoms with Crippen molar-refractivity contribution in [1.82, 2.24) is 5.32 Å². The van der Waals surface area contributed by atoms with Gasteiger partial charge in [-0.2, -0.15) is 0 Å². The predicted octanol–water partition coefficient (Wildman–Crippen LogP) is 3.65. The van der Waals surface area contributed by atoms with Gasteiger partial charge in [0, 0.05) is 10.0 Å². The van der Waals surface area contributed by atoms with Crippen molar-refractivity contribution >= 4 is 21.8 Å². The molecule has 1 fully saturated rings. The third-order valence-corrected chi connectivity index (χ3v) is 3.73. The second-order valence-corrected chi connectivity index (χ2v) is 6.11. The Morgan fingerprint density at radius 2 is 1.83 bits per heavy atom. The fourth-order valence-corrected chi connectivity index (χ4v) is 2.42. The van der Waals surface area contributed by atoms with Gasteiger partial charge in [-0.15, -0.1) is 0 Å². The highest BCUT2D eigenvalue weighted by molar-refractivity contribution is 9.10. The van der Waals surface area contributed by atoms with Gasteiger partial charge in [0.15, 0.2) is 0 Å². The Hall–Kier alpha value is -0.970. The molecule has 1 amide bonds. The summed E-state index contributed by atoms with van der Waals surface area (Å²) in [4.78, 5) is 11.9. The van der Waals surface area contributed by atoms with E-state index in [0.29, 0.717) is 5.92 Å². The minimum Gasteiger partial charge on any atom is -0.347 e. The van der Waals surface area contributed by atoms with Crippen molar-refractivity contribution in [3.8, 4) is 0 Å². The minimum absolute atomic E-state index is 0.274. The monoisotopic (exact) mass is 317 g/mol. The molecule has 0 atom stereocenters. The van der Waals surface area contributed by atoms with Crippen LogP contribution in [0.25, 0.3) is 0 Å². The van der Waals surface area contributed by atoms with E-state index in [1.807, 2.05) is 13.8 Å². The average molecular weight is 318 g/mol. The van der Waals surface area contributed by atoms with Gasteiger partial charge in [0.05, 0.1) is 0 Å². The zero-order valence-electron chi connectivity index (χ0n) is 10.2. The summed E-state index contributed by atoms with van der Waals surface area (Å²) < 4.78 is 27.5. The lowest BCUT2D eigenvalue weighted by atomic mass is 9.98. The van der Waals surface area contributed by atoms with E-state index < -0.39 is 28.6 Å². The van der Waals surface area contributed by atoms with Gasteiger partial charge in [-0.3, -0.25) is 4.79 Å². The lowest BCUT2D eigenvalue weighted by molar-refractivity contribution is 0.0894. The van der Waals surface area contributed by atoms with Gasteiger partial charge in [-0.05, 0) is 44.7 Å². The molecular weight excluding hydrogens is 304 g/mol. The highest BCUT2D eigenvalue weighted by Gasteiger charge is 2.39. The van der Waals surface area contributed by atoms with E-state index in [9.17, 15) is 13.6 Å². The highest BCUT2D eigenvalue weighted by Crippen LogP contribution is 2.39. The standard InChI is InChI=1S/C13H14BrF2NO/c1-13(2,7-3-4-7)17-12(18)11-9(15)5-8(14)6-10(11)16/h5-7H,3-4H2,1-2H3,(H,17,18). The number of hydrogen-bond donors (Lipinski definition) is 1. The number of rotatable bonds is 3. The zero-order valence-corrected chi connectivity index (χ0v) is 11.8. The average Bonchev–Trinajstić information content (AvgIpc) is 2.96. The Balaban J connectivity index is 2.24. The first-order chi connectivity index (χ1) is 8.31. The van der Waals surface area contributed by atoms with Crippen LogP contribution in [-0.2, 0) is 0 Å². The topological polar surface area (TPSA) is 29.1 Å². The van der Waals surface area contributed by atoms with E-state index >= 15 is 0 Å². The molecule has 1 N–H and O–H groups in total. The molecule has 1 saturated carbocycles. The Bertz CT molecular complexity index is 475. The predicted molar refractivity (Wildman–Crippen MR) is 68.3 cm³/mol. The summed E-state index contributed by atoms with van der Waals surface area (Å²) >= 11 is 2.98. The van der Waals surface area contributed by atoms with Gasteiger partial charge in [0.25, 0.3) is 5.91 Å². The fourth-order valence-electron chi connectivity index (χ4n) is 2.02. The van der Waals surface area contributed by atoms with Gasteiger partial charge in [-0.25, -0.2) is 8.78 Å². The van der Waals surface area contributed by atoms with Crippen molar-refractivity contribution < 1.29 is 13.6 Å². The molecule has 98 valence electrons. The number of carbonyl (C=O) groups is 1. The Morgan fingerprint density at radius 1 is 1.33 bits per heavy atom. The molecule has 0 radical (unpaired) electrons. The maximum Gasteiger partial charge on any atom is 0.257 e. The van der Waals surface area contributed by atoms with Crippen LogP contribution in [0.1, 0.15) is 37.0 Å². The maximum absolute atomic E-state index is 13.6. The van der Waals surface area contributed by atoms with Crippen LogP contribution < -0.4 is 5.32 Å². The second kappa shape index (κ2) is 4.61. The quantitative estimate of drug-likeness (QED) is 0.906. The van der Waals surface area contributed by atoms with E-state index in [1.165, 1.54) is 0 Å². The summed E-state index contributed by atoms with van der Waals surface area (Å²) in [5, 5.41) is 2.70. The Labute approximate surface area is 113 Å². The largest absolute Gasteiger partial charge is 0.347 e. The lowest BCUT2D eigenvalue weighted by Crippen LogP contribution is -2.45. The van der Waals surface area contributed by atoms with Crippen molar-refractivity contribution in [2.45, 2.75) is 32.2 Å². The molecule has 0 bridgehead atoms. The molecule has 1 aliphatic rings. The molecule has 0 unspecified atom stereocenters. The van der Waals surface area contributed by atoms with Gasteiger partial charge < -0.3 is 5.32 Å². The van der Waals surface area contributed by atoms with Crippen LogP contribution in [0.2, 0.25) is 0 Å². The fraction of sp³-hybridized carbons (Fsp3) is 0.462. The van der Waals surface area contributed by atoms with E-state index in [-0.39, 0.29) is 4.47 Å². The van der Waals surface area contributed by atoms with Crippen LogP contribution in [-0.4, -0.2) is 11.4 Å². The van der Waals surface area contributed by atoms with Crippen molar-refractivity contribution in [2.24, 2.45) is 5.92 Å². The highest BCUT2D eigenvalue weighted by atomic mass is 79.9. The molecule has 1 aromatic rings. The Morgan fingerprint density at radius 3 is 2.28 bits per heavy atom. The summed E-state index contributed by atoms with van der Waals surface area (Å²) in [6.45, 7) is 3.74. The molecule has 0 spiro atoms. The van der Waals surface area contributed by atoms with E-state index in [2.05, 4.69) is 21.2 Å². The van der Waals surface area contributed by atoms with E-state index in [4.69, 9.17) is 0 Å². The molecule has 0 aromatic heterocycles. The molecule has 1 aliphatic carbocycles. The second-order valence-electron chi connectivity index (χ2n) is 5.19. The third kappa shape index (κ3) is 2.71. The summed E-state index contributed by atoms with van der Waals surface area (Å²) in [5.74, 6) is -2.02. The SMILES string of the molecule is CC(C)(NC(=O)c1c(F)cc(Br)cc1F)C1CC1. The summed E-state index contributed by atoms with van der Waals surface area (Å²) in [6.07, 6.45) is 2.08. The van der Waals surface area contributed by atoms with E-state index in [0.717, 1.165) is 25.0 Å². The number of hydrogen-bond acceptors (Lipinski definition) is 1. The van der Waals surface area contributed by atoms with Gasteiger partial charge in [0.1, 0.15) is 17.2 Å². The first-order valence-electron chi connectivity index (χ1n) is 5.78. The number of amides is 1. The summed E-state index contributed by atoms with van der Waals surface area (Å²) in [5.41, 5.74) is -0.949. The molecule has 1 aromatic carbocycles. The van der Waals surface area contributed by atoms with Crippen LogP contribution in [0.3, 0.4) is 0 Å². The van der Waals surface area contributed by atoms with Crippen molar-refractivity contribution in [3.63, 3.8) is 0 Å². The minimum atomic E-state index is -0.856. The van der Waals surface area contributed by atoms with Gasteiger partial charge in [-0.1, -0.05) is 15.9 Å². The first-order valence-corrected chi connectivity index (χ1v) is 6.57. The van der Waals surface area contributed by atoms with Crippen LogP contribution in [0.4, 0.5) is 8.78 Å². The maximum atomic E-state index is 13.6. The summed E-state index contributed by atoms with van der Waals surface area (Å²) in [6, 6.07) is 2.17. The molecule has 18 heavy (non-hydrogen) atoms. The van der Waals surface area contributed by atoms with Crippen LogP contribution in [0.15, 0.2) is 16.6 Å². The molecule has 2 nitrogen and oxygen atoms in total. The molecule has 5 heteroatoms. The smallest absolute Gasteiger partial charge is 0.257 e. The van der Waals surface area contributed by atoms with Crippen LogP contribution in [0.5, 0.6) is 0 Å². The molecule has 0 heterocycles. The zero-order chi connectivity index (χ0) is 13.5. The molecule has 0 saturated heterocycles. The van der Waals surface area contributed by atoms with Gasteiger partial charge >= 0.3 is 0 Å². The van der Waals surface area contributed by atoms with Crippen LogP contribution >= 0.6 is 15.9 Å². The van der Waals surface area contributed by atoms with Crippen LogP contribution in [0, 0.1) is 17.6 Å². The molecular formula is C13H14BrF2NO. The number of nitrogens with one attached hydrogen (secondary N) is 1. The van der Waals surface area contributed by atoms with E-state index in [1.54, 1.807) is 0 Å². The molecule has 0 aliphatic heterocycles. The third-order valence-electron chi connectivity index (χ3n) is 3.27. The van der Waals surface area contributed by atoms with Crippen molar-refractivity contribution in [2.75, 3.05) is 0 Å². The Kier molecular flexibility index (Phi) is 3.45. The number of carbonyl (C=O) groups excluding carboxylic acids is 1. The molecule has 2 rings (SSSR count). The first kappa shape index (κ1) is 13.5. The normalized spacial score (nSPS) is 15.6.